The summed E-state index contributed by atoms with van der Waals surface area (Å²) < 4.78 is 31.5. The minimum atomic E-state index is -3.65. The maximum Gasteiger partial charge on any atom is 1.00 e. The van der Waals surface area contributed by atoms with E-state index in [0.29, 0.717) is 5.75 Å². The van der Waals surface area contributed by atoms with Gasteiger partial charge in [0.25, 0.3) is 5.69 Å². The third-order valence-electron chi connectivity index (χ3n) is 6.63. The summed E-state index contributed by atoms with van der Waals surface area (Å²) in [7, 11) is -4.62. The number of aryl methyl sites for hydroxylation is 3. The van der Waals surface area contributed by atoms with E-state index in [9.17, 15) is 18.5 Å². The summed E-state index contributed by atoms with van der Waals surface area (Å²) in [4.78, 5) is 10.2. The number of para-hydroxylation sites is 1. The SMILES string of the molecule is CS(=O)(=O)[N-]c1ccc([N+](=O)[O-])cc1Oc1ccccc1.Cc1ccccc1[PH+](c1ccccc1C)c1ccccc1C.[Ag+]. The fourth-order valence-corrected chi connectivity index (χ4v) is 8.16. The van der Waals surface area contributed by atoms with E-state index in [-0.39, 0.29) is 39.5 Å². The van der Waals surface area contributed by atoms with E-state index in [0.717, 1.165) is 12.3 Å². The third kappa shape index (κ3) is 9.36. The van der Waals surface area contributed by atoms with Crippen LogP contribution in [-0.4, -0.2) is 19.6 Å². The van der Waals surface area contributed by atoms with Crippen LogP contribution in [0, 0.1) is 30.9 Å². The van der Waals surface area contributed by atoms with Crippen molar-refractivity contribution in [2.75, 3.05) is 6.26 Å². The minimum Gasteiger partial charge on any atom is -0.574 e. The molecule has 10 heteroatoms. The van der Waals surface area contributed by atoms with Crippen molar-refractivity contribution in [3.05, 3.63) is 153 Å². The Balaban J connectivity index is 0.000000235. The molecule has 5 rings (SSSR count). The van der Waals surface area contributed by atoms with Gasteiger partial charge in [0.2, 0.25) is 0 Å². The molecule has 0 unspecified atom stereocenters. The van der Waals surface area contributed by atoms with Crippen molar-refractivity contribution in [3.8, 4) is 11.5 Å². The molecule has 0 spiro atoms. The Hall–Kier alpha value is -3.78. The molecule has 0 aromatic heterocycles. The second-order valence-electron chi connectivity index (χ2n) is 9.97. The second kappa shape index (κ2) is 15.8. The van der Waals surface area contributed by atoms with E-state index in [1.165, 1.54) is 44.7 Å². The number of non-ortho nitro benzene ring substituents is 1. The maximum absolute atomic E-state index is 11.3. The number of nitro groups is 1. The molecule has 230 valence electrons. The molecule has 0 aliphatic rings. The number of nitro benzene ring substituents is 1. The van der Waals surface area contributed by atoms with Crippen molar-refractivity contribution in [2.24, 2.45) is 0 Å². The first-order chi connectivity index (χ1) is 20.5. The Kier molecular flexibility index (Phi) is 12.5. The van der Waals surface area contributed by atoms with Crippen LogP contribution in [0.3, 0.4) is 0 Å². The quantitative estimate of drug-likeness (QED) is 0.0718. The largest absolute Gasteiger partial charge is 1.00 e. The molecule has 5 aromatic carbocycles. The molecule has 0 N–H and O–H groups in total. The van der Waals surface area contributed by atoms with Crippen molar-refractivity contribution in [2.45, 2.75) is 20.8 Å². The fourth-order valence-electron chi connectivity index (χ4n) is 4.56. The maximum atomic E-state index is 11.3. The molecule has 0 bridgehead atoms. The molecule has 0 fully saturated rings. The number of ether oxygens (including phenoxy) is 1. The molecule has 0 saturated carbocycles. The smallest absolute Gasteiger partial charge is 0.574 e. The summed E-state index contributed by atoms with van der Waals surface area (Å²) in [5.74, 6) is 0.420. The summed E-state index contributed by atoms with van der Waals surface area (Å²) in [6.45, 7) is 6.70. The van der Waals surface area contributed by atoms with E-state index in [1.807, 2.05) is 0 Å². The van der Waals surface area contributed by atoms with E-state index >= 15 is 0 Å². The summed E-state index contributed by atoms with van der Waals surface area (Å²) in [6.07, 6.45) is 0.931. The molecule has 44 heavy (non-hydrogen) atoms. The normalized spacial score (nSPS) is 10.7. The first kappa shape index (κ1) is 34.7. The molecular formula is C34H33AgN2O5PS+. The number of hydrogen-bond acceptors (Lipinski definition) is 5. The Morgan fingerprint density at radius 2 is 1.11 bits per heavy atom. The van der Waals surface area contributed by atoms with Crippen LogP contribution in [0.5, 0.6) is 11.5 Å². The molecule has 0 radical (unpaired) electrons. The molecule has 0 atom stereocenters. The summed E-state index contributed by atoms with van der Waals surface area (Å²) in [6, 6.07) is 38.6. The van der Waals surface area contributed by atoms with Gasteiger partial charge >= 0.3 is 22.4 Å². The van der Waals surface area contributed by atoms with Gasteiger partial charge in [-0.05, 0) is 67.8 Å². The van der Waals surface area contributed by atoms with Crippen molar-refractivity contribution in [1.29, 1.82) is 0 Å². The van der Waals surface area contributed by atoms with E-state index in [4.69, 9.17) is 4.74 Å². The summed E-state index contributed by atoms with van der Waals surface area (Å²) in [5, 5.41) is 15.3. The molecule has 0 heterocycles. The van der Waals surface area contributed by atoms with Crippen LogP contribution in [0.4, 0.5) is 11.4 Å². The van der Waals surface area contributed by atoms with E-state index < -0.39 is 22.9 Å². The predicted octanol–water partition coefficient (Wildman–Crippen LogP) is 7.45. The van der Waals surface area contributed by atoms with E-state index in [2.05, 4.69) is 98.3 Å². The molecule has 0 aliphatic carbocycles. The van der Waals surface area contributed by atoms with Crippen molar-refractivity contribution in [3.63, 3.8) is 0 Å². The van der Waals surface area contributed by atoms with Gasteiger partial charge in [-0.25, -0.2) is 8.42 Å². The first-order valence-electron chi connectivity index (χ1n) is 13.5. The van der Waals surface area contributed by atoms with Crippen LogP contribution in [0.1, 0.15) is 16.7 Å². The third-order valence-corrected chi connectivity index (χ3v) is 10.5. The Morgan fingerprint density at radius 1 is 0.682 bits per heavy atom. The summed E-state index contributed by atoms with van der Waals surface area (Å²) >= 11 is 0. The van der Waals surface area contributed by atoms with E-state index in [1.54, 1.807) is 30.3 Å². The van der Waals surface area contributed by atoms with Crippen LogP contribution in [0.25, 0.3) is 4.72 Å². The van der Waals surface area contributed by atoms with Gasteiger partial charge in [0.05, 0.1) is 28.9 Å². The van der Waals surface area contributed by atoms with Crippen molar-refractivity contribution >= 4 is 45.2 Å². The minimum absolute atomic E-state index is 0. The van der Waals surface area contributed by atoms with Crippen molar-refractivity contribution in [1.82, 2.24) is 0 Å². The predicted molar refractivity (Wildman–Crippen MR) is 178 cm³/mol. The van der Waals surface area contributed by atoms with Crippen LogP contribution >= 0.6 is 7.92 Å². The fraction of sp³-hybridized carbons (Fsp3) is 0.118. The van der Waals surface area contributed by atoms with Gasteiger partial charge in [0.15, 0.2) is 0 Å². The molecular weight excluding hydrogens is 687 g/mol. The van der Waals surface area contributed by atoms with Gasteiger partial charge < -0.3 is 9.46 Å². The molecule has 0 saturated heterocycles. The van der Waals surface area contributed by atoms with Gasteiger partial charge in [0.1, 0.15) is 27.4 Å². The standard InChI is InChI=1S/C21H21P.C13H11N2O5S.Ag/c1-16-10-4-7-13-19(16)22(20-14-8-5-11-17(20)2)21-15-9-6-12-18(21)3;1-21(18,19)14-12-8-7-10(15(16)17)9-13(12)20-11-5-3-2-4-6-11;/h4-15H,1-3H3;2-9H,1H3;/q;-1;+1/p+1. The van der Waals surface area contributed by atoms with Crippen LogP contribution in [-0.2, 0) is 32.4 Å². The Morgan fingerprint density at radius 3 is 1.52 bits per heavy atom. The van der Waals surface area contributed by atoms with Gasteiger partial charge in [-0.3, -0.25) is 10.1 Å². The number of benzene rings is 5. The molecule has 0 aliphatic heterocycles. The topological polar surface area (TPSA) is 101 Å². The number of hydrogen-bond donors (Lipinski definition) is 0. The molecule has 5 aromatic rings. The first-order valence-corrected chi connectivity index (χ1v) is 16.9. The van der Waals surface area contributed by atoms with Gasteiger partial charge in [-0.1, -0.05) is 84.6 Å². The van der Waals surface area contributed by atoms with Crippen molar-refractivity contribution < 1.29 is 40.5 Å². The van der Waals surface area contributed by atoms with Gasteiger partial charge in [-0.15, -0.1) is 0 Å². The Bertz CT molecular complexity index is 1730. The van der Waals surface area contributed by atoms with Crippen LogP contribution in [0.2, 0.25) is 0 Å². The zero-order chi connectivity index (χ0) is 31.0. The second-order valence-corrected chi connectivity index (χ2v) is 14.0. The average Bonchev–Trinajstić information content (AvgIpc) is 2.97. The number of rotatable bonds is 8. The monoisotopic (exact) mass is 719 g/mol. The molecule has 0 amide bonds. The number of sulfonamides is 1. The Labute approximate surface area is 275 Å². The summed E-state index contributed by atoms with van der Waals surface area (Å²) in [5.41, 5.74) is 3.97. The van der Waals surface area contributed by atoms with Gasteiger partial charge in [-0.2, -0.15) is 0 Å². The van der Waals surface area contributed by atoms with Crippen LogP contribution < -0.4 is 20.7 Å². The zero-order valence-corrected chi connectivity index (χ0v) is 28.0. The number of nitrogens with zero attached hydrogens (tertiary/aromatic N) is 2. The van der Waals surface area contributed by atoms with Gasteiger partial charge in [0, 0.05) is 12.3 Å². The zero-order valence-electron chi connectivity index (χ0n) is 24.7. The molecule has 7 nitrogen and oxygen atoms in total. The van der Waals surface area contributed by atoms with Crippen LogP contribution in [0.15, 0.2) is 121 Å². The average molecular weight is 721 g/mol.